The highest BCUT2D eigenvalue weighted by Gasteiger charge is 2.19. The van der Waals surface area contributed by atoms with Crippen LogP contribution < -0.4 is 0 Å². The molecule has 0 aliphatic carbocycles. The SMILES string of the molecule is Fc1ccc([C@H](c2cn(Cc3ccccc3)nn2)n2ccnc2)cc1. The van der Waals surface area contributed by atoms with Gasteiger partial charge in [0.25, 0.3) is 0 Å². The monoisotopic (exact) mass is 333 g/mol. The van der Waals surface area contributed by atoms with Gasteiger partial charge in [-0.1, -0.05) is 47.7 Å². The second-order valence-electron chi connectivity index (χ2n) is 5.79. The zero-order valence-corrected chi connectivity index (χ0v) is 13.4. The molecular formula is C19H16FN5. The molecule has 0 aliphatic rings. The summed E-state index contributed by atoms with van der Waals surface area (Å²) in [5.74, 6) is -0.263. The molecule has 0 unspecified atom stereocenters. The minimum Gasteiger partial charge on any atom is -0.324 e. The van der Waals surface area contributed by atoms with Crippen molar-refractivity contribution in [2.24, 2.45) is 0 Å². The molecule has 2 aromatic heterocycles. The van der Waals surface area contributed by atoms with Gasteiger partial charge in [0.1, 0.15) is 17.6 Å². The number of aromatic nitrogens is 5. The van der Waals surface area contributed by atoms with Gasteiger partial charge in [0, 0.05) is 12.4 Å². The Morgan fingerprint density at radius 1 is 1.00 bits per heavy atom. The summed E-state index contributed by atoms with van der Waals surface area (Å²) in [6.45, 7) is 0.647. The van der Waals surface area contributed by atoms with Gasteiger partial charge in [-0.3, -0.25) is 0 Å². The molecule has 0 bridgehead atoms. The molecule has 124 valence electrons. The van der Waals surface area contributed by atoms with Crippen molar-refractivity contribution in [3.05, 3.63) is 102 Å². The molecule has 6 heteroatoms. The van der Waals surface area contributed by atoms with E-state index < -0.39 is 0 Å². The van der Waals surface area contributed by atoms with Gasteiger partial charge in [-0.05, 0) is 23.3 Å². The Hall–Kier alpha value is -3.28. The second-order valence-corrected chi connectivity index (χ2v) is 5.79. The van der Waals surface area contributed by atoms with Crippen molar-refractivity contribution >= 4 is 0 Å². The first-order chi connectivity index (χ1) is 12.3. The van der Waals surface area contributed by atoms with Crippen LogP contribution >= 0.6 is 0 Å². The molecule has 5 nitrogen and oxygen atoms in total. The number of imidazole rings is 1. The largest absolute Gasteiger partial charge is 0.324 e. The highest BCUT2D eigenvalue weighted by Crippen LogP contribution is 2.25. The zero-order valence-electron chi connectivity index (χ0n) is 13.4. The normalized spacial score (nSPS) is 12.2. The van der Waals surface area contributed by atoms with E-state index in [0.717, 1.165) is 16.8 Å². The van der Waals surface area contributed by atoms with E-state index in [-0.39, 0.29) is 11.9 Å². The number of rotatable bonds is 5. The first-order valence-electron chi connectivity index (χ1n) is 7.96. The Labute approximate surface area is 144 Å². The fraction of sp³-hybridized carbons (Fsp3) is 0.105. The Morgan fingerprint density at radius 3 is 2.52 bits per heavy atom. The van der Waals surface area contributed by atoms with Gasteiger partial charge in [-0.25, -0.2) is 14.1 Å². The number of hydrogen-bond donors (Lipinski definition) is 0. The molecule has 0 saturated heterocycles. The first-order valence-corrected chi connectivity index (χ1v) is 7.96. The summed E-state index contributed by atoms with van der Waals surface area (Å²) in [4.78, 5) is 4.12. The van der Waals surface area contributed by atoms with Crippen LogP contribution in [0.3, 0.4) is 0 Å². The second kappa shape index (κ2) is 6.68. The van der Waals surface area contributed by atoms with E-state index in [2.05, 4.69) is 27.4 Å². The summed E-state index contributed by atoms with van der Waals surface area (Å²) in [5.41, 5.74) is 2.85. The third kappa shape index (κ3) is 3.33. The molecule has 4 rings (SSSR count). The van der Waals surface area contributed by atoms with Gasteiger partial charge in [0.05, 0.1) is 19.1 Å². The van der Waals surface area contributed by atoms with Crippen LogP contribution in [0.5, 0.6) is 0 Å². The predicted octanol–water partition coefficient (Wildman–Crippen LogP) is 3.30. The van der Waals surface area contributed by atoms with Crippen LogP contribution in [0, 0.1) is 5.82 Å². The lowest BCUT2D eigenvalue weighted by atomic mass is 10.0. The van der Waals surface area contributed by atoms with Crippen LogP contribution in [-0.4, -0.2) is 24.5 Å². The molecule has 0 saturated carbocycles. The van der Waals surface area contributed by atoms with E-state index in [1.807, 2.05) is 35.2 Å². The van der Waals surface area contributed by atoms with E-state index in [4.69, 9.17) is 0 Å². The summed E-state index contributed by atoms with van der Waals surface area (Å²) in [6, 6.07) is 16.3. The highest BCUT2D eigenvalue weighted by atomic mass is 19.1. The maximum atomic E-state index is 13.3. The molecule has 0 amide bonds. The Balaban J connectivity index is 1.67. The minimum absolute atomic E-state index is 0.201. The van der Waals surface area contributed by atoms with E-state index in [9.17, 15) is 4.39 Å². The molecule has 1 atom stereocenters. The Kier molecular flexibility index (Phi) is 4.08. The van der Waals surface area contributed by atoms with Crippen LogP contribution in [0.1, 0.15) is 22.9 Å². The van der Waals surface area contributed by atoms with Crippen LogP contribution in [0.25, 0.3) is 0 Å². The van der Waals surface area contributed by atoms with E-state index in [1.54, 1.807) is 29.3 Å². The van der Waals surface area contributed by atoms with Crippen molar-refractivity contribution in [1.82, 2.24) is 24.5 Å². The smallest absolute Gasteiger partial charge is 0.123 e. The molecule has 0 aliphatic heterocycles. The lowest BCUT2D eigenvalue weighted by Gasteiger charge is -2.16. The maximum Gasteiger partial charge on any atom is 0.123 e. The number of hydrogen-bond acceptors (Lipinski definition) is 3. The van der Waals surface area contributed by atoms with Crippen LogP contribution in [0.4, 0.5) is 4.39 Å². The fourth-order valence-electron chi connectivity index (χ4n) is 2.85. The molecule has 4 aromatic rings. The summed E-state index contributed by atoms with van der Waals surface area (Å²) in [6.07, 6.45) is 7.22. The number of nitrogens with zero attached hydrogens (tertiary/aromatic N) is 5. The van der Waals surface area contributed by atoms with Crippen molar-refractivity contribution < 1.29 is 4.39 Å². The molecule has 25 heavy (non-hydrogen) atoms. The maximum absolute atomic E-state index is 13.3. The number of halogens is 1. The molecule has 0 radical (unpaired) electrons. The van der Waals surface area contributed by atoms with Crippen LogP contribution in [0.15, 0.2) is 79.5 Å². The molecule has 2 aromatic carbocycles. The molecule has 0 fully saturated rings. The topological polar surface area (TPSA) is 48.5 Å². The first kappa shape index (κ1) is 15.3. The third-order valence-electron chi connectivity index (χ3n) is 4.03. The standard InChI is InChI=1S/C19H16FN5/c20-17-8-6-16(7-9-17)19(24-11-10-21-14-24)18-13-25(23-22-18)12-15-4-2-1-3-5-15/h1-11,13-14,19H,12H2/t19-/m1/s1. The number of benzene rings is 2. The van der Waals surface area contributed by atoms with Crippen molar-refractivity contribution in [2.45, 2.75) is 12.6 Å². The van der Waals surface area contributed by atoms with Gasteiger partial charge in [0.15, 0.2) is 0 Å². The fourth-order valence-corrected chi connectivity index (χ4v) is 2.85. The van der Waals surface area contributed by atoms with Gasteiger partial charge in [-0.2, -0.15) is 0 Å². The van der Waals surface area contributed by atoms with Crippen molar-refractivity contribution in [1.29, 1.82) is 0 Å². The van der Waals surface area contributed by atoms with Gasteiger partial charge in [-0.15, -0.1) is 5.10 Å². The van der Waals surface area contributed by atoms with Gasteiger partial charge >= 0.3 is 0 Å². The average Bonchev–Trinajstić information content (AvgIpc) is 3.31. The summed E-state index contributed by atoms with van der Waals surface area (Å²) in [7, 11) is 0. The van der Waals surface area contributed by atoms with E-state index >= 15 is 0 Å². The lowest BCUT2D eigenvalue weighted by Crippen LogP contribution is -2.11. The van der Waals surface area contributed by atoms with Gasteiger partial charge in [0.2, 0.25) is 0 Å². The molecule has 0 N–H and O–H groups in total. The molecule has 0 spiro atoms. The minimum atomic E-state index is -0.263. The Bertz CT molecular complexity index is 930. The zero-order chi connectivity index (χ0) is 17.1. The van der Waals surface area contributed by atoms with Gasteiger partial charge < -0.3 is 4.57 Å². The van der Waals surface area contributed by atoms with Crippen molar-refractivity contribution in [2.75, 3.05) is 0 Å². The summed E-state index contributed by atoms with van der Waals surface area (Å²) in [5, 5.41) is 8.58. The van der Waals surface area contributed by atoms with E-state index in [1.165, 1.54) is 12.1 Å². The van der Waals surface area contributed by atoms with Crippen LogP contribution in [0.2, 0.25) is 0 Å². The summed E-state index contributed by atoms with van der Waals surface area (Å²) < 4.78 is 17.0. The molecule has 2 heterocycles. The average molecular weight is 333 g/mol. The summed E-state index contributed by atoms with van der Waals surface area (Å²) >= 11 is 0. The van der Waals surface area contributed by atoms with Crippen molar-refractivity contribution in [3.63, 3.8) is 0 Å². The Morgan fingerprint density at radius 2 is 1.80 bits per heavy atom. The predicted molar refractivity (Wildman–Crippen MR) is 91.4 cm³/mol. The van der Waals surface area contributed by atoms with Crippen LogP contribution in [-0.2, 0) is 6.54 Å². The van der Waals surface area contributed by atoms with Crippen molar-refractivity contribution in [3.8, 4) is 0 Å². The highest BCUT2D eigenvalue weighted by molar-refractivity contribution is 5.28. The molecular weight excluding hydrogens is 317 g/mol. The third-order valence-corrected chi connectivity index (χ3v) is 4.03. The quantitative estimate of drug-likeness (QED) is 0.563. The van der Waals surface area contributed by atoms with E-state index in [0.29, 0.717) is 6.54 Å². The lowest BCUT2D eigenvalue weighted by molar-refractivity contribution is 0.619.